The fourth-order valence-electron chi connectivity index (χ4n) is 2.31. The third-order valence-electron chi connectivity index (χ3n) is 3.49. The lowest BCUT2D eigenvalue weighted by Crippen LogP contribution is -2.33. The Bertz CT molecular complexity index is 609. The van der Waals surface area contributed by atoms with Crippen molar-refractivity contribution < 1.29 is 13.2 Å². The van der Waals surface area contributed by atoms with E-state index in [-0.39, 0.29) is 6.04 Å². The first kappa shape index (κ1) is 16.0. The average Bonchev–Trinajstić information content (AvgIpc) is 3.29. The van der Waals surface area contributed by atoms with Crippen molar-refractivity contribution in [2.24, 2.45) is 0 Å². The minimum absolute atomic E-state index is 0.114. The maximum Gasteiger partial charge on any atom is 0.243 e. The van der Waals surface area contributed by atoms with Crippen LogP contribution in [0.3, 0.4) is 0 Å². The molecular formula is C15H22N2O3S. The van der Waals surface area contributed by atoms with Gasteiger partial charge in [-0.15, -0.1) is 6.58 Å². The molecule has 6 heteroatoms. The van der Waals surface area contributed by atoms with E-state index in [2.05, 4.69) is 11.9 Å². The number of hydrogen-bond donors (Lipinski definition) is 1. The van der Waals surface area contributed by atoms with Crippen LogP contribution < -0.4 is 10.1 Å². The van der Waals surface area contributed by atoms with Gasteiger partial charge in [0.15, 0.2) is 0 Å². The van der Waals surface area contributed by atoms with Crippen molar-refractivity contribution in [3.05, 3.63) is 36.4 Å². The van der Waals surface area contributed by atoms with E-state index in [9.17, 15) is 8.42 Å². The first-order valence-electron chi connectivity index (χ1n) is 6.98. The van der Waals surface area contributed by atoms with Gasteiger partial charge in [0.2, 0.25) is 10.0 Å². The van der Waals surface area contributed by atoms with E-state index in [1.807, 2.05) is 7.05 Å². The van der Waals surface area contributed by atoms with E-state index in [1.165, 1.54) is 4.31 Å². The van der Waals surface area contributed by atoms with E-state index in [1.54, 1.807) is 31.4 Å². The summed E-state index contributed by atoms with van der Waals surface area (Å²) in [5, 5.41) is 3.02. The summed E-state index contributed by atoms with van der Waals surface area (Å²) in [6.07, 6.45) is 3.48. The highest BCUT2D eigenvalue weighted by molar-refractivity contribution is 7.89. The summed E-state index contributed by atoms with van der Waals surface area (Å²) in [6.45, 7) is 4.56. The molecule has 2 rings (SSSR count). The monoisotopic (exact) mass is 310 g/mol. The molecule has 0 aromatic heterocycles. The van der Waals surface area contributed by atoms with Gasteiger partial charge in [-0.05, 0) is 38.1 Å². The van der Waals surface area contributed by atoms with Crippen molar-refractivity contribution in [1.29, 1.82) is 0 Å². The molecule has 116 valence electrons. The maximum absolute atomic E-state index is 12.8. The molecule has 0 atom stereocenters. The summed E-state index contributed by atoms with van der Waals surface area (Å²) in [5.74, 6) is 0.685. The number of nitrogens with one attached hydrogen (secondary N) is 1. The molecule has 1 N–H and O–H groups in total. The first-order chi connectivity index (χ1) is 10.0. The Morgan fingerprint density at radius 3 is 2.71 bits per heavy atom. The molecule has 1 aliphatic carbocycles. The molecule has 0 aliphatic heterocycles. The zero-order valence-corrected chi connectivity index (χ0v) is 13.3. The molecule has 1 aliphatic rings. The Hall–Kier alpha value is -1.37. The molecule has 0 radical (unpaired) electrons. The van der Waals surface area contributed by atoms with Gasteiger partial charge in [0.05, 0.1) is 12.0 Å². The summed E-state index contributed by atoms with van der Waals surface area (Å²) in [6, 6.07) is 5.11. The highest BCUT2D eigenvalue weighted by atomic mass is 32.2. The van der Waals surface area contributed by atoms with Crippen LogP contribution in [0.5, 0.6) is 5.75 Å². The van der Waals surface area contributed by atoms with E-state index in [4.69, 9.17) is 4.74 Å². The fourth-order valence-corrected chi connectivity index (χ4v) is 4.02. The van der Waals surface area contributed by atoms with E-state index < -0.39 is 10.0 Å². The maximum atomic E-state index is 12.8. The van der Waals surface area contributed by atoms with Crippen molar-refractivity contribution in [3.8, 4) is 5.75 Å². The lowest BCUT2D eigenvalue weighted by Gasteiger charge is -2.21. The number of hydrogen-bond acceptors (Lipinski definition) is 4. The second-order valence-corrected chi connectivity index (χ2v) is 6.99. The van der Waals surface area contributed by atoms with Crippen molar-refractivity contribution in [3.63, 3.8) is 0 Å². The molecule has 5 nitrogen and oxygen atoms in total. The van der Waals surface area contributed by atoms with Gasteiger partial charge < -0.3 is 10.1 Å². The summed E-state index contributed by atoms with van der Waals surface area (Å²) >= 11 is 0. The van der Waals surface area contributed by atoms with Crippen LogP contribution in [-0.4, -0.2) is 39.5 Å². The highest BCUT2D eigenvalue weighted by Crippen LogP contribution is 2.33. The molecule has 0 unspecified atom stereocenters. The molecule has 21 heavy (non-hydrogen) atoms. The number of rotatable bonds is 8. The lowest BCUT2D eigenvalue weighted by molar-refractivity contribution is 0.407. The molecule has 1 aromatic rings. The van der Waals surface area contributed by atoms with Crippen LogP contribution in [-0.2, 0) is 16.6 Å². The molecule has 1 fully saturated rings. The molecule has 0 saturated heterocycles. The predicted molar refractivity (Wildman–Crippen MR) is 82.9 cm³/mol. The average molecular weight is 310 g/mol. The highest BCUT2D eigenvalue weighted by Gasteiger charge is 2.37. The van der Waals surface area contributed by atoms with Gasteiger partial charge in [-0.1, -0.05) is 6.08 Å². The summed E-state index contributed by atoms with van der Waals surface area (Å²) < 4.78 is 32.4. The van der Waals surface area contributed by atoms with Gasteiger partial charge in [0.1, 0.15) is 5.75 Å². The van der Waals surface area contributed by atoms with Crippen molar-refractivity contribution >= 4 is 10.0 Å². The molecule has 1 aromatic carbocycles. The second kappa shape index (κ2) is 6.60. The third kappa shape index (κ3) is 3.45. The van der Waals surface area contributed by atoms with Gasteiger partial charge in [0, 0.05) is 24.7 Å². The van der Waals surface area contributed by atoms with Crippen LogP contribution in [0.1, 0.15) is 18.4 Å². The van der Waals surface area contributed by atoms with Gasteiger partial charge in [-0.25, -0.2) is 8.42 Å². The van der Waals surface area contributed by atoms with Gasteiger partial charge in [-0.2, -0.15) is 4.31 Å². The Labute approximate surface area is 126 Å². The zero-order chi connectivity index (χ0) is 15.5. The molecule has 1 saturated carbocycles. The van der Waals surface area contributed by atoms with E-state index in [0.717, 1.165) is 18.4 Å². The van der Waals surface area contributed by atoms with Gasteiger partial charge in [0.25, 0.3) is 0 Å². The normalized spacial score (nSPS) is 15.2. The van der Waals surface area contributed by atoms with Crippen LogP contribution in [0.25, 0.3) is 0 Å². The van der Waals surface area contributed by atoms with Crippen LogP contribution in [0.15, 0.2) is 35.7 Å². The number of ether oxygens (including phenoxy) is 1. The first-order valence-corrected chi connectivity index (χ1v) is 8.43. The lowest BCUT2D eigenvalue weighted by atomic mass is 10.2. The van der Waals surface area contributed by atoms with Crippen molar-refractivity contribution in [2.75, 3.05) is 20.7 Å². The molecular weight excluding hydrogens is 288 g/mol. The Morgan fingerprint density at radius 1 is 1.48 bits per heavy atom. The minimum Gasteiger partial charge on any atom is -0.496 e. The smallest absolute Gasteiger partial charge is 0.243 e. The number of methoxy groups -OCH3 is 1. The number of benzene rings is 1. The topological polar surface area (TPSA) is 58.6 Å². The van der Waals surface area contributed by atoms with Gasteiger partial charge >= 0.3 is 0 Å². The van der Waals surface area contributed by atoms with Gasteiger partial charge in [-0.3, -0.25) is 0 Å². The van der Waals surface area contributed by atoms with E-state index in [0.29, 0.717) is 23.7 Å². The zero-order valence-electron chi connectivity index (χ0n) is 12.5. The molecule has 0 amide bonds. The minimum atomic E-state index is -3.49. The fraction of sp³-hybridized carbons (Fsp3) is 0.467. The quantitative estimate of drug-likeness (QED) is 0.743. The number of sulfonamides is 1. The van der Waals surface area contributed by atoms with Crippen LogP contribution in [0, 0.1) is 0 Å². The third-order valence-corrected chi connectivity index (χ3v) is 5.40. The Balaban J connectivity index is 2.38. The molecule has 0 spiro atoms. The van der Waals surface area contributed by atoms with E-state index >= 15 is 0 Å². The summed E-state index contributed by atoms with van der Waals surface area (Å²) in [5.41, 5.74) is 0.829. The van der Waals surface area contributed by atoms with Crippen molar-refractivity contribution in [1.82, 2.24) is 9.62 Å². The second-order valence-electron chi connectivity index (χ2n) is 5.10. The predicted octanol–water partition coefficient (Wildman–Crippen LogP) is 1.75. The summed E-state index contributed by atoms with van der Waals surface area (Å²) in [7, 11) is -0.0925. The van der Waals surface area contributed by atoms with Crippen molar-refractivity contribution in [2.45, 2.75) is 30.3 Å². The standard InChI is InChI=1S/C15H22N2O3S/c1-4-9-17(13-5-6-13)21(18,19)14-7-8-15(20-3)12(10-14)11-16-2/h4,7-8,10,13,16H,1,5-6,9,11H2,2-3H3. The summed E-state index contributed by atoms with van der Waals surface area (Å²) in [4.78, 5) is 0.308. The largest absolute Gasteiger partial charge is 0.496 e. The molecule has 0 bridgehead atoms. The van der Waals surface area contributed by atoms with Crippen LogP contribution >= 0.6 is 0 Å². The number of nitrogens with zero attached hydrogens (tertiary/aromatic N) is 1. The Morgan fingerprint density at radius 2 is 2.19 bits per heavy atom. The van der Waals surface area contributed by atoms with Crippen LogP contribution in [0.4, 0.5) is 0 Å². The van der Waals surface area contributed by atoms with Crippen LogP contribution in [0.2, 0.25) is 0 Å². The Kier molecular flexibility index (Phi) is 5.03. The molecule has 0 heterocycles. The SMILES string of the molecule is C=CCN(C1CC1)S(=O)(=O)c1ccc(OC)c(CNC)c1.